The van der Waals surface area contributed by atoms with Crippen LogP contribution in [0.2, 0.25) is 0 Å². The number of benzene rings is 1. The molecule has 0 unspecified atom stereocenters. The first-order valence-electron chi connectivity index (χ1n) is 7.14. The van der Waals surface area contributed by atoms with E-state index in [9.17, 15) is 4.79 Å². The van der Waals surface area contributed by atoms with E-state index in [1.165, 1.54) is 19.3 Å². The van der Waals surface area contributed by atoms with Gasteiger partial charge in [-0.1, -0.05) is 44.7 Å². The van der Waals surface area contributed by atoms with Gasteiger partial charge in [-0.05, 0) is 18.6 Å². The van der Waals surface area contributed by atoms with Crippen molar-refractivity contribution in [3.8, 4) is 6.07 Å². The van der Waals surface area contributed by atoms with E-state index < -0.39 is 0 Å². The van der Waals surface area contributed by atoms with Crippen molar-refractivity contribution in [2.75, 3.05) is 18.5 Å². The van der Waals surface area contributed by atoms with Gasteiger partial charge < -0.3 is 10.1 Å². The van der Waals surface area contributed by atoms with Crippen LogP contribution in [0.15, 0.2) is 24.3 Å². The largest absolute Gasteiger partial charge is 0.372 e. The molecule has 1 N–H and O–H groups in total. The Labute approximate surface area is 120 Å². The van der Waals surface area contributed by atoms with Crippen LogP contribution in [0.25, 0.3) is 0 Å². The highest BCUT2D eigenvalue weighted by Crippen LogP contribution is 2.13. The van der Waals surface area contributed by atoms with E-state index in [0.717, 1.165) is 12.8 Å². The van der Waals surface area contributed by atoms with Crippen molar-refractivity contribution >= 4 is 11.6 Å². The number of para-hydroxylation sites is 1. The molecule has 0 spiro atoms. The van der Waals surface area contributed by atoms with E-state index in [4.69, 9.17) is 10.00 Å². The van der Waals surface area contributed by atoms with Gasteiger partial charge in [0.2, 0.25) is 5.91 Å². The lowest BCUT2D eigenvalue weighted by molar-refractivity contribution is -0.120. The summed E-state index contributed by atoms with van der Waals surface area (Å²) in [7, 11) is 0. The highest BCUT2D eigenvalue weighted by atomic mass is 16.5. The normalized spacial score (nSPS) is 10.0. The summed E-state index contributed by atoms with van der Waals surface area (Å²) in [6.45, 7) is 2.82. The lowest BCUT2D eigenvalue weighted by atomic mass is 10.2. The molecule has 0 bridgehead atoms. The van der Waals surface area contributed by atoms with Crippen LogP contribution in [-0.4, -0.2) is 19.1 Å². The van der Waals surface area contributed by atoms with Gasteiger partial charge in [-0.25, -0.2) is 0 Å². The molecule has 0 heterocycles. The first-order valence-corrected chi connectivity index (χ1v) is 7.14. The van der Waals surface area contributed by atoms with E-state index >= 15 is 0 Å². The molecule has 1 aromatic rings. The fourth-order valence-electron chi connectivity index (χ4n) is 1.85. The van der Waals surface area contributed by atoms with Crippen LogP contribution < -0.4 is 5.32 Å². The van der Waals surface area contributed by atoms with Gasteiger partial charge in [-0.3, -0.25) is 4.79 Å². The SMILES string of the molecule is CCCCCCCOCC(=O)Nc1ccccc1C#N. The van der Waals surface area contributed by atoms with Crippen molar-refractivity contribution in [1.82, 2.24) is 0 Å². The highest BCUT2D eigenvalue weighted by Gasteiger charge is 2.05. The Morgan fingerprint density at radius 3 is 2.75 bits per heavy atom. The molecular formula is C16H22N2O2. The van der Waals surface area contributed by atoms with Crippen LogP contribution in [0.4, 0.5) is 5.69 Å². The van der Waals surface area contributed by atoms with Gasteiger partial charge in [-0.15, -0.1) is 0 Å². The molecule has 0 aliphatic carbocycles. The number of amides is 1. The van der Waals surface area contributed by atoms with Crippen LogP contribution >= 0.6 is 0 Å². The third-order valence-electron chi connectivity index (χ3n) is 2.95. The molecule has 4 heteroatoms. The van der Waals surface area contributed by atoms with Crippen LogP contribution in [0, 0.1) is 11.3 Å². The first kappa shape index (κ1) is 16.2. The average molecular weight is 274 g/mol. The summed E-state index contributed by atoms with van der Waals surface area (Å²) in [5, 5.41) is 11.6. The molecule has 0 atom stereocenters. The quantitative estimate of drug-likeness (QED) is 0.701. The predicted octanol–water partition coefficient (Wildman–Crippen LogP) is 3.48. The minimum Gasteiger partial charge on any atom is -0.372 e. The highest BCUT2D eigenvalue weighted by molar-refractivity contribution is 5.92. The van der Waals surface area contributed by atoms with Gasteiger partial charge in [0.05, 0.1) is 11.3 Å². The summed E-state index contributed by atoms with van der Waals surface area (Å²) in [5.41, 5.74) is 0.993. The van der Waals surface area contributed by atoms with Crippen LogP contribution in [0.1, 0.15) is 44.6 Å². The van der Waals surface area contributed by atoms with Gasteiger partial charge >= 0.3 is 0 Å². The Bertz CT molecular complexity index is 452. The number of ether oxygens (including phenoxy) is 1. The van der Waals surface area contributed by atoms with Gasteiger partial charge in [0.15, 0.2) is 0 Å². The first-order chi connectivity index (χ1) is 9.77. The zero-order valence-electron chi connectivity index (χ0n) is 12.0. The third kappa shape index (κ3) is 6.35. The minimum absolute atomic E-state index is 0.0353. The van der Waals surface area contributed by atoms with E-state index in [1.807, 2.05) is 6.07 Å². The maximum atomic E-state index is 11.7. The standard InChI is InChI=1S/C16H22N2O2/c1-2-3-4-5-8-11-20-13-16(19)18-15-10-7-6-9-14(15)12-17/h6-7,9-10H,2-5,8,11,13H2,1H3,(H,18,19). The van der Waals surface area contributed by atoms with E-state index in [-0.39, 0.29) is 12.5 Å². The lowest BCUT2D eigenvalue weighted by Gasteiger charge is -2.07. The second-order valence-corrected chi connectivity index (χ2v) is 4.67. The Balaban J connectivity index is 2.19. The van der Waals surface area contributed by atoms with Crippen LogP contribution in [-0.2, 0) is 9.53 Å². The zero-order valence-corrected chi connectivity index (χ0v) is 12.0. The number of nitriles is 1. The number of nitrogens with zero attached hydrogens (tertiary/aromatic N) is 1. The monoisotopic (exact) mass is 274 g/mol. The Kier molecular flexibility index (Phi) is 8.09. The van der Waals surface area contributed by atoms with Crippen molar-refractivity contribution in [1.29, 1.82) is 5.26 Å². The fourth-order valence-corrected chi connectivity index (χ4v) is 1.85. The molecule has 20 heavy (non-hydrogen) atoms. The van der Waals surface area contributed by atoms with E-state index in [1.54, 1.807) is 24.3 Å². The number of unbranched alkanes of at least 4 members (excludes halogenated alkanes) is 4. The second kappa shape index (κ2) is 9.99. The Morgan fingerprint density at radius 1 is 1.25 bits per heavy atom. The topological polar surface area (TPSA) is 62.1 Å². The number of anilines is 1. The van der Waals surface area contributed by atoms with E-state index in [2.05, 4.69) is 12.2 Å². The number of hydrogen-bond donors (Lipinski definition) is 1. The number of carbonyl (C=O) groups is 1. The smallest absolute Gasteiger partial charge is 0.250 e. The number of carbonyl (C=O) groups excluding carboxylic acids is 1. The summed E-state index contributed by atoms with van der Waals surface area (Å²) >= 11 is 0. The van der Waals surface area contributed by atoms with Gasteiger partial charge in [0.1, 0.15) is 12.7 Å². The third-order valence-corrected chi connectivity index (χ3v) is 2.95. The average Bonchev–Trinajstić information content (AvgIpc) is 2.47. The molecule has 1 rings (SSSR count). The molecule has 0 fully saturated rings. The van der Waals surface area contributed by atoms with Crippen LogP contribution in [0.3, 0.4) is 0 Å². The maximum absolute atomic E-state index is 11.7. The second-order valence-electron chi connectivity index (χ2n) is 4.67. The van der Waals surface area contributed by atoms with E-state index in [0.29, 0.717) is 17.9 Å². The van der Waals surface area contributed by atoms with Crippen molar-refractivity contribution in [3.05, 3.63) is 29.8 Å². The van der Waals surface area contributed by atoms with Crippen molar-refractivity contribution < 1.29 is 9.53 Å². The Morgan fingerprint density at radius 2 is 2.00 bits per heavy atom. The molecule has 0 aliphatic rings. The maximum Gasteiger partial charge on any atom is 0.250 e. The molecule has 0 saturated heterocycles. The Hall–Kier alpha value is -1.86. The zero-order chi connectivity index (χ0) is 14.6. The molecular weight excluding hydrogens is 252 g/mol. The molecule has 0 aliphatic heterocycles. The summed E-state index contributed by atoms with van der Waals surface area (Å²) in [6.07, 6.45) is 5.84. The summed E-state index contributed by atoms with van der Waals surface area (Å²) in [5.74, 6) is -0.221. The number of hydrogen-bond acceptors (Lipinski definition) is 3. The molecule has 4 nitrogen and oxygen atoms in total. The predicted molar refractivity (Wildman–Crippen MR) is 79.4 cm³/mol. The van der Waals surface area contributed by atoms with Crippen molar-refractivity contribution in [2.24, 2.45) is 0 Å². The number of rotatable bonds is 9. The summed E-state index contributed by atoms with van der Waals surface area (Å²) < 4.78 is 5.33. The van der Waals surface area contributed by atoms with Gasteiger partial charge in [0.25, 0.3) is 0 Å². The molecule has 0 radical (unpaired) electrons. The molecule has 108 valence electrons. The molecule has 1 aromatic carbocycles. The summed E-state index contributed by atoms with van der Waals surface area (Å²) in [6, 6.07) is 8.97. The fraction of sp³-hybridized carbons (Fsp3) is 0.500. The van der Waals surface area contributed by atoms with Crippen LogP contribution in [0.5, 0.6) is 0 Å². The van der Waals surface area contributed by atoms with Gasteiger partial charge in [0, 0.05) is 6.61 Å². The van der Waals surface area contributed by atoms with Crippen molar-refractivity contribution in [3.63, 3.8) is 0 Å². The lowest BCUT2D eigenvalue weighted by Crippen LogP contribution is -2.19. The number of nitrogens with one attached hydrogen (secondary N) is 1. The van der Waals surface area contributed by atoms with Gasteiger partial charge in [-0.2, -0.15) is 5.26 Å². The molecule has 0 aromatic heterocycles. The summed E-state index contributed by atoms with van der Waals surface area (Å²) in [4.78, 5) is 11.7. The van der Waals surface area contributed by atoms with Crippen molar-refractivity contribution in [2.45, 2.75) is 39.0 Å². The molecule has 1 amide bonds. The minimum atomic E-state index is -0.221. The molecule has 0 saturated carbocycles.